The number of piperazine rings is 1. The predicted molar refractivity (Wildman–Crippen MR) is 121 cm³/mol. The molecule has 9 heteroatoms. The van der Waals surface area contributed by atoms with Crippen LogP contribution in [0.4, 0.5) is 24.0 Å². The number of rotatable bonds is 5. The van der Waals surface area contributed by atoms with Gasteiger partial charge in [0.05, 0.1) is 17.8 Å². The first-order valence-corrected chi connectivity index (χ1v) is 11.1. The average molecular weight is 461 g/mol. The maximum atomic E-state index is 13.0. The standard InChI is InChI=1S/C23H23F3N4OS/c1-16-5-7-17(8-6-16)20-15-32-22(27-20)28-21(31)14-29-9-11-30(12-10-29)19-4-2-3-18(13-19)23(24,25)26/h2-8,13,15H,9-12,14H2,1H3,(H,27,28,31). The molecule has 1 aliphatic rings. The number of aryl methyl sites for hydroxylation is 1. The topological polar surface area (TPSA) is 48.5 Å². The van der Waals surface area contributed by atoms with Crippen LogP contribution in [0.15, 0.2) is 53.9 Å². The lowest BCUT2D eigenvalue weighted by Gasteiger charge is -2.35. The molecule has 4 rings (SSSR count). The molecule has 0 bridgehead atoms. The van der Waals surface area contributed by atoms with Crippen LogP contribution in [-0.2, 0) is 11.0 Å². The van der Waals surface area contributed by atoms with Crippen molar-refractivity contribution in [1.82, 2.24) is 9.88 Å². The van der Waals surface area contributed by atoms with Gasteiger partial charge in [0.25, 0.3) is 0 Å². The third kappa shape index (κ3) is 5.46. The number of anilines is 2. The van der Waals surface area contributed by atoms with Crippen molar-refractivity contribution in [1.29, 1.82) is 0 Å². The fourth-order valence-electron chi connectivity index (χ4n) is 3.59. The monoisotopic (exact) mass is 460 g/mol. The molecule has 1 N–H and O–H groups in total. The molecule has 1 amide bonds. The zero-order chi connectivity index (χ0) is 22.7. The van der Waals surface area contributed by atoms with Gasteiger partial charge in [0, 0.05) is 42.8 Å². The number of carbonyl (C=O) groups excluding carboxylic acids is 1. The molecule has 1 aliphatic heterocycles. The molecular formula is C23H23F3N4OS. The molecule has 5 nitrogen and oxygen atoms in total. The minimum absolute atomic E-state index is 0.151. The zero-order valence-electron chi connectivity index (χ0n) is 17.5. The Kier molecular flexibility index (Phi) is 6.48. The maximum Gasteiger partial charge on any atom is 0.416 e. The second-order valence-electron chi connectivity index (χ2n) is 7.76. The van der Waals surface area contributed by atoms with Gasteiger partial charge in [0.2, 0.25) is 5.91 Å². The van der Waals surface area contributed by atoms with Crippen molar-refractivity contribution in [2.45, 2.75) is 13.1 Å². The van der Waals surface area contributed by atoms with Crippen molar-refractivity contribution in [3.63, 3.8) is 0 Å². The molecule has 0 atom stereocenters. The summed E-state index contributed by atoms with van der Waals surface area (Å²) in [5.74, 6) is -0.151. The van der Waals surface area contributed by atoms with E-state index in [1.807, 2.05) is 46.4 Å². The van der Waals surface area contributed by atoms with Crippen molar-refractivity contribution in [3.8, 4) is 11.3 Å². The fourth-order valence-corrected chi connectivity index (χ4v) is 4.33. The number of nitrogens with zero attached hydrogens (tertiary/aromatic N) is 3. The van der Waals surface area contributed by atoms with Gasteiger partial charge in [-0.05, 0) is 25.1 Å². The molecule has 0 unspecified atom stereocenters. The molecule has 1 aromatic heterocycles. The summed E-state index contributed by atoms with van der Waals surface area (Å²) in [6, 6.07) is 13.4. The van der Waals surface area contributed by atoms with Gasteiger partial charge >= 0.3 is 6.18 Å². The molecular weight excluding hydrogens is 437 g/mol. The number of alkyl halides is 3. The van der Waals surface area contributed by atoms with Crippen molar-refractivity contribution in [2.75, 3.05) is 42.9 Å². The van der Waals surface area contributed by atoms with E-state index < -0.39 is 11.7 Å². The Balaban J connectivity index is 1.28. The fraction of sp³-hybridized carbons (Fsp3) is 0.304. The molecule has 0 spiro atoms. The van der Waals surface area contributed by atoms with E-state index in [-0.39, 0.29) is 12.5 Å². The van der Waals surface area contributed by atoms with Gasteiger partial charge in [0.15, 0.2) is 5.13 Å². The van der Waals surface area contributed by atoms with E-state index in [2.05, 4.69) is 10.3 Å². The molecule has 0 aliphatic carbocycles. The van der Waals surface area contributed by atoms with E-state index in [4.69, 9.17) is 0 Å². The van der Waals surface area contributed by atoms with Crippen molar-refractivity contribution >= 4 is 28.1 Å². The Bertz CT molecular complexity index is 1070. The van der Waals surface area contributed by atoms with E-state index in [9.17, 15) is 18.0 Å². The summed E-state index contributed by atoms with van der Waals surface area (Å²) >= 11 is 1.38. The molecule has 1 saturated heterocycles. The summed E-state index contributed by atoms with van der Waals surface area (Å²) in [6.45, 7) is 4.55. The van der Waals surface area contributed by atoms with Crippen LogP contribution in [0.25, 0.3) is 11.3 Å². The van der Waals surface area contributed by atoms with Crippen LogP contribution in [0.3, 0.4) is 0 Å². The van der Waals surface area contributed by atoms with Gasteiger partial charge in [-0.15, -0.1) is 11.3 Å². The van der Waals surface area contributed by atoms with E-state index in [1.165, 1.54) is 29.0 Å². The van der Waals surface area contributed by atoms with Crippen molar-refractivity contribution < 1.29 is 18.0 Å². The van der Waals surface area contributed by atoms with Crippen LogP contribution >= 0.6 is 11.3 Å². The molecule has 2 aromatic carbocycles. The Morgan fingerprint density at radius 2 is 1.81 bits per heavy atom. The molecule has 1 fully saturated rings. The summed E-state index contributed by atoms with van der Waals surface area (Å²) in [5, 5.41) is 5.31. The van der Waals surface area contributed by atoms with E-state index in [0.717, 1.165) is 17.3 Å². The number of hydrogen-bond acceptors (Lipinski definition) is 5. The van der Waals surface area contributed by atoms with Crippen LogP contribution in [-0.4, -0.2) is 48.5 Å². The molecule has 168 valence electrons. The first kappa shape index (κ1) is 22.3. The number of benzene rings is 2. The quantitative estimate of drug-likeness (QED) is 0.589. The second kappa shape index (κ2) is 9.30. The Labute approximate surface area is 188 Å². The molecule has 3 aromatic rings. The summed E-state index contributed by atoms with van der Waals surface area (Å²) in [7, 11) is 0. The van der Waals surface area contributed by atoms with Gasteiger partial charge < -0.3 is 10.2 Å². The van der Waals surface area contributed by atoms with Crippen LogP contribution < -0.4 is 10.2 Å². The van der Waals surface area contributed by atoms with Gasteiger partial charge in [-0.2, -0.15) is 13.2 Å². The third-order valence-electron chi connectivity index (χ3n) is 5.38. The zero-order valence-corrected chi connectivity index (χ0v) is 18.3. The Morgan fingerprint density at radius 3 is 2.50 bits per heavy atom. The average Bonchev–Trinajstić information content (AvgIpc) is 3.22. The maximum absolute atomic E-state index is 13.0. The van der Waals surface area contributed by atoms with Gasteiger partial charge in [-0.1, -0.05) is 35.9 Å². The number of halogens is 3. The number of carbonyl (C=O) groups is 1. The van der Waals surface area contributed by atoms with Crippen LogP contribution in [0, 0.1) is 6.92 Å². The normalized spacial score (nSPS) is 15.1. The second-order valence-corrected chi connectivity index (χ2v) is 8.62. The summed E-state index contributed by atoms with van der Waals surface area (Å²) < 4.78 is 38.9. The third-order valence-corrected chi connectivity index (χ3v) is 6.13. The van der Waals surface area contributed by atoms with E-state index in [0.29, 0.717) is 37.0 Å². The largest absolute Gasteiger partial charge is 0.416 e. The molecule has 2 heterocycles. The van der Waals surface area contributed by atoms with Crippen LogP contribution in [0.2, 0.25) is 0 Å². The van der Waals surface area contributed by atoms with Crippen LogP contribution in [0.5, 0.6) is 0 Å². The highest BCUT2D eigenvalue weighted by Gasteiger charge is 2.31. The SMILES string of the molecule is Cc1ccc(-c2csc(NC(=O)CN3CCN(c4cccc(C(F)(F)F)c4)CC3)n2)cc1. The summed E-state index contributed by atoms with van der Waals surface area (Å²) in [5.41, 5.74) is 2.89. The number of aromatic nitrogens is 1. The number of nitrogens with one attached hydrogen (secondary N) is 1. The summed E-state index contributed by atoms with van der Waals surface area (Å²) in [4.78, 5) is 20.9. The minimum atomic E-state index is -4.36. The van der Waals surface area contributed by atoms with Gasteiger partial charge in [0.1, 0.15) is 0 Å². The van der Waals surface area contributed by atoms with Gasteiger partial charge in [-0.3, -0.25) is 9.69 Å². The molecule has 0 radical (unpaired) electrons. The molecule has 0 saturated carbocycles. The van der Waals surface area contributed by atoms with Crippen molar-refractivity contribution in [2.24, 2.45) is 0 Å². The Hall–Kier alpha value is -2.91. The number of thiazole rings is 1. The van der Waals surface area contributed by atoms with E-state index >= 15 is 0 Å². The number of hydrogen-bond donors (Lipinski definition) is 1. The smallest absolute Gasteiger partial charge is 0.369 e. The highest BCUT2D eigenvalue weighted by atomic mass is 32.1. The lowest BCUT2D eigenvalue weighted by atomic mass is 10.1. The highest BCUT2D eigenvalue weighted by molar-refractivity contribution is 7.14. The number of amides is 1. The van der Waals surface area contributed by atoms with Gasteiger partial charge in [-0.25, -0.2) is 4.98 Å². The van der Waals surface area contributed by atoms with Crippen molar-refractivity contribution in [3.05, 3.63) is 65.0 Å². The Morgan fingerprint density at radius 1 is 1.09 bits per heavy atom. The molecule has 32 heavy (non-hydrogen) atoms. The van der Waals surface area contributed by atoms with Crippen LogP contribution in [0.1, 0.15) is 11.1 Å². The van der Waals surface area contributed by atoms with E-state index in [1.54, 1.807) is 6.07 Å². The first-order valence-electron chi connectivity index (χ1n) is 10.2. The summed E-state index contributed by atoms with van der Waals surface area (Å²) in [6.07, 6.45) is -4.36. The minimum Gasteiger partial charge on any atom is -0.369 e. The highest BCUT2D eigenvalue weighted by Crippen LogP contribution is 2.32. The first-order chi connectivity index (χ1) is 15.3. The lowest BCUT2D eigenvalue weighted by molar-refractivity contribution is -0.137. The lowest BCUT2D eigenvalue weighted by Crippen LogP contribution is -2.48. The predicted octanol–water partition coefficient (Wildman–Crippen LogP) is 4.90.